The van der Waals surface area contributed by atoms with Gasteiger partial charge in [0, 0.05) is 6.20 Å². The summed E-state index contributed by atoms with van der Waals surface area (Å²) in [4.78, 5) is 27.3. The average molecular weight is 391 g/mol. The van der Waals surface area contributed by atoms with Crippen molar-refractivity contribution in [3.05, 3.63) is 62.7 Å². The minimum absolute atomic E-state index is 0.0129. The summed E-state index contributed by atoms with van der Waals surface area (Å²) in [6, 6.07) is 2.07. The summed E-state index contributed by atoms with van der Waals surface area (Å²) in [7, 11) is 0. The van der Waals surface area contributed by atoms with Crippen LogP contribution in [0.3, 0.4) is 0 Å². The highest BCUT2D eigenvalue weighted by Crippen LogP contribution is 2.31. The van der Waals surface area contributed by atoms with E-state index in [1.165, 1.54) is 0 Å². The van der Waals surface area contributed by atoms with E-state index in [0.717, 1.165) is 12.3 Å². The first-order chi connectivity index (χ1) is 12.1. The highest BCUT2D eigenvalue weighted by atomic mass is 35.5. The molecule has 0 fully saturated rings. The number of nitrogens with zero attached hydrogens (tertiary/aromatic N) is 4. The molecule has 136 valence electrons. The van der Waals surface area contributed by atoms with Gasteiger partial charge < -0.3 is 5.11 Å². The number of carboxylic acid groups (broad SMARTS) is 1. The lowest BCUT2D eigenvalue weighted by atomic mass is 10.2. The molecule has 0 spiro atoms. The van der Waals surface area contributed by atoms with E-state index in [9.17, 15) is 27.2 Å². The van der Waals surface area contributed by atoms with Crippen LogP contribution in [0.5, 0.6) is 0 Å². The SMILES string of the molecule is O=C(O)c1ccc(C(F)(F)F)c2nn(Cc3ncc(Cl)cc3F)c(=O)n12. The molecule has 0 aliphatic heterocycles. The summed E-state index contributed by atoms with van der Waals surface area (Å²) in [6.07, 6.45) is -3.79. The highest BCUT2D eigenvalue weighted by Gasteiger charge is 2.36. The Morgan fingerprint density at radius 1 is 1.31 bits per heavy atom. The zero-order chi connectivity index (χ0) is 19.2. The molecular formula is C14H7ClF4N4O3. The summed E-state index contributed by atoms with van der Waals surface area (Å²) >= 11 is 5.56. The monoisotopic (exact) mass is 390 g/mol. The van der Waals surface area contributed by atoms with Gasteiger partial charge in [-0.3, -0.25) is 4.98 Å². The molecule has 0 radical (unpaired) electrons. The Balaban J connectivity index is 2.25. The maximum absolute atomic E-state index is 13.8. The third-order valence-corrected chi connectivity index (χ3v) is 3.64. The van der Waals surface area contributed by atoms with Crippen molar-refractivity contribution in [2.75, 3.05) is 0 Å². The number of pyridine rings is 2. The molecule has 0 saturated carbocycles. The van der Waals surface area contributed by atoms with Crippen molar-refractivity contribution in [2.24, 2.45) is 0 Å². The number of carboxylic acids is 1. The second-order valence-corrected chi connectivity index (χ2v) is 5.55. The van der Waals surface area contributed by atoms with E-state index in [1.807, 2.05) is 0 Å². The number of carbonyl (C=O) groups is 1. The van der Waals surface area contributed by atoms with E-state index in [1.54, 1.807) is 0 Å². The Hall–Kier alpha value is -2.95. The van der Waals surface area contributed by atoms with Gasteiger partial charge in [0.1, 0.15) is 17.1 Å². The van der Waals surface area contributed by atoms with Crippen LogP contribution in [0.2, 0.25) is 5.02 Å². The quantitative estimate of drug-likeness (QED) is 0.694. The maximum Gasteiger partial charge on any atom is 0.420 e. The number of aromatic nitrogens is 4. The van der Waals surface area contributed by atoms with Gasteiger partial charge in [-0.1, -0.05) is 11.6 Å². The van der Waals surface area contributed by atoms with E-state index in [4.69, 9.17) is 16.7 Å². The number of halogens is 5. The van der Waals surface area contributed by atoms with Crippen LogP contribution in [-0.2, 0) is 12.7 Å². The molecular weight excluding hydrogens is 384 g/mol. The molecule has 12 heteroatoms. The zero-order valence-electron chi connectivity index (χ0n) is 12.5. The molecule has 0 bridgehead atoms. The van der Waals surface area contributed by atoms with Crippen LogP contribution in [0.25, 0.3) is 5.65 Å². The lowest BCUT2D eigenvalue weighted by Gasteiger charge is -2.08. The van der Waals surface area contributed by atoms with Gasteiger partial charge in [-0.2, -0.15) is 13.2 Å². The molecule has 0 atom stereocenters. The molecule has 0 aliphatic carbocycles. The number of hydrogen-bond acceptors (Lipinski definition) is 4. The van der Waals surface area contributed by atoms with E-state index in [-0.39, 0.29) is 10.7 Å². The largest absolute Gasteiger partial charge is 0.477 e. The van der Waals surface area contributed by atoms with Crippen LogP contribution < -0.4 is 5.69 Å². The first-order valence-electron chi connectivity index (χ1n) is 6.82. The van der Waals surface area contributed by atoms with Crippen LogP contribution in [0.1, 0.15) is 21.7 Å². The summed E-state index contributed by atoms with van der Waals surface area (Å²) in [6.45, 7) is -0.611. The van der Waals surface area contributed by atoms with Gasteiger partial charge in [-0.05, 0) is 18.2 Å². The first kappa shape index (κ1) is 17.9. The summed E-state index contributed by atoms with van der Waals surface area (Å²) < 4.78 is 54.0. The van der Waals surface area contributed by atoms with Gasteiger partial charge in [-0.25, -0.2) is 23.1 Å². The predicted molar refractivity (Wildman–Crippen MR) is 79.7 cm³/mol. The molecule has 7 nitrogen and oxygen atoms in total. The fourth-order valence-electron chi connectivity index (χ4n) is 2.30. The smallest absolute Gasteiger partial charge is 0.420 e. The van der Waals surface area contributed by atoms with Crippen LogP contribution in [0, 0.1) is 5.82 Å². The van der Waals surface area contributed by atoms with Crippen LogP contribution in [0.15, 0.2) is 29.2 Å². The molecule has 0 unspecified atom stereocenters. The van der Waals surface area contributed by atoms with Crippen LogP contribution in [0.4, 0.5) is 17.6 Å². The van der Waals surface area contributed by atoms with Gasteiger partial charge in [0.05, 0.1) is 17.3 Å². The van der Waals surface area contributed by atoms with Gasteiger partial charge in [0.2, 0.25) is 0 Å². The Morgan fingerprint density at radius 3 is 2.58 bits per heavy atom. The molecule has 26 heavy (non-hydrogen) atoms. The van der Waals surface area contributed by atoms with Crippen LogP contribution >= 0.6 is 11.6 Å². The Bertz CT molecular complexity index is 1090. The van der Waals surface area contributed by atoms with Gasteiger partial charge in [-0.15, -0.1) is 5.10 Å². The van der Waals surface area contributed by atoms with Crippen molar-refractivity contribution in [3.63, 3.8) is 0 Å². The number of aromatic carboxylic acids is 1. The van der Waals surface area contributed by atoms with Crippen molar-refractivity contribution in [1.29, 1.82) is 0 Å². The lowest BCUT2D eigenvalue weighted by molar-refractivity contribution is -0.136. The number of hydrogen-bond donors (Lipinski definition) is 1. The van der Waals surface area contributed by atoms with Gasteiger partial charge in [0.25, 0.3) is 0 Å². The number of alkyl halides is 3. The van der Waals surface area contributed by atoms with Gasteiger partial charge >= 0.3 is 17.8 Å². The third-order valence-electron chi connectivity index (χ3n) is 3.44. The van der Waals surface area contributed by atoms with E-state index < -0.39 is 47.1 Å². The Morgan fingerprint density at radius 2 is 2.00 bits per heavy atom. The highest BCUT2D eigenvalue weighted by molar-refractivity contribution is 6.30. The summed E-state index contributed by atoms with van der Waals surface area (Å²) in [5.41, 5.74) is -4.40. The topological polar surface area (TPSA) is 89.5 Å². The van der Waals surface area contributed by atoms with Crippen molar-refractivity contribution in [1.82, 2.24) is 19.2 Å². The lowest BCUT2D eigenvalue weighted by Crippen LogP contribution is -2.25. The minimum atomic E-state index is -4.88. The molecule has 3 heterocycles. The summed E-state index contributed by atoms with van der Waals surface area (Å²) in [5, 5.41) is 12.6. The van der Waals surface area contributed by atoms with Crippen molar-refractivity contribution < 1.29 is 27.5 Å². The van der Waals surface area contributed by atoms with E-state index in [0.29, 0.717) is 21.2 Å². The van der Waals surface area contributed by atoms with Crippen LogP contribution in [-0.4, -0.2) is 30.2 Å². The Labute approximate surface area is 146 Å². The third kappa shape index (κ3) is 3.01. The molecule has 3 aromatic rings. The molecule has 0 saturated heterocycles. The van der Waals surface area contributed by atoms with Crippen molar-refractivity contribution in [2.45, 2.75) is 12.7 Å². The fraction of sp³-hybridized carbons (Fsp3) is 0.143. The summed E-state index contributed by atoms with van der Waals surface area (Å²) in [5.74, 6) is -2.52. The maximum atomic E-state index is 13.8. The van der Waals surface area contributed by atoms with Crippen molar-refractivity contribution >= 4 is 23.2 Å². The second kappa shape index (κ2) is 6.09. The Kier molecular flexibility index (Phi) is 4.18. The zero-order valence-corrected chi connectivity index (χ0v) is 13.2. The molecule has 3 rings (SSSR count). The number of fused-ring (bicyclic) bond motifs is 1. The molecule has 0 aliphatic rings. The number of rotatable bonds is 3. The standard InChI is InChI=1S/C14H7ClF4N4O3/c15-6-3-8(16)9(20-4-6)5-22-13(26)23-10(12(24)25)2-1-7(11(23)21-22)14(17,18)19/h1-4H,5H2,(H,24,25). The fourth-order valence-corrected chi connectivity index (χ4v) is 2.45. The predicted octanol–water partition coefficient (Wildman–Crippen LogP) is 2.45. The minimum Gasteiger partial charge on any atom is -0.477 e. The molecule has 3 aromatic heterocycles. The van der Waals surface area contributed by atoms with Gasteiger partial charge in [0.15, 0.2) is 5.65 Å². The average Bonchev–Trinajstić information content (AvgIpc) is 2.85. The second-order valence-electron chi connectivity index (χ2n) is 5.12. The van der Waals surface area contributed by atoms with E-state index >= 15 is 0 Å². The van der Waals surface area contributed by atoms with E-state index in [2.05, 4.69) is 10.1 Å². The molecule has 0 aromatic carbocycles. The molecule has 1 N–H and O–H groups in total. The van der Waals surface area contributed by atoms with Crippen molar-refractivity contribution in [3.8, 4) is 0 Å². The first-order valence-corrected chi connectivity index (χ1v) is 7.20. The normalized spacial score (nSPS) is 11.9. The molecule has 0 amide bonds.